The molecule has 5 heterocycles. The molecule has 4 aliphatic heterocycles. The van der Waals surface area contributed by atoms with E-state index in [1.165, 1.54) is 11.3 Å². The summed E-state index contributed by atoms with van der Waals surface area (Å²) in [6, 6.07) is 23.6. The van der Waals surface area contributed by atoms with Gasteiger partial charge in [-0.15, -0.1) is 11.3 Å². The van der Waals surface area contributed by atoms with E-state index in [0.717, 1.165) is 102 Å². The molecule has 0 radical (unpaired) electrons. The van der Waals surface area contributed by atoms with Crippen molar-refractivity contribution in [3.05, 3.63) is 113 Å². The third-order valence-electron chi connectivity index (χ3n) is 13.2. The number of ether oxygens (including phenoxy) is 1. The SMILES string of the molecule is O=C1CCC(N2C(=O)c3ccc(C4CCN(CCCN5CCC(COc6ccc(C(=O)c7c(-c8ccc(B(O)O)cc8)sc8cc(O)ccc78)cc6)CC5)CC4)cc3C2=O)C(=O)N1. The molecular weight excluding hydrogens is 819 g/mol. The van der Waals surface area contributed by atoms with E-state index in [1.807, 2.05) is 24.3 Å². The summed E-state index contributed by atoms with van der Waals surface area (Å²) in [5.74, 6) is -0.500. The molecule has 4 amide bonds. The molecule has 13 nitrogen and oxygen atoms in total. The summed E-state index contributed by atoms with van der Waals surface area (Å²) >= 11 is 1.41. The Bertz CT molecular complexity index is 2560. The van der Waals surface area contributed by atoms with E-state index in [1.54, 1.807) is 60.7 Å². The molecule has 324 valence electrons. The Morgan fingerprint density at radius 3 is 2.14 bits per heavy atom. The number of carbonyl (C=O) groups excluding carboxylic acids is 5. The van der Waals surface area contributed by atoms with Gasteiger partial charge in [0.1, 0.15) is 17.5 Å². The second-order valence-corrected chi connectivity index (χ2v) is 18.2. The maximum atomic E-state index is 14.0. The van der Waals surface area contributed by atoms with Crippen LogP contribution >= 0.6 is 11.3 Å². The third kappa shape index (κ3) is 8.93. The van der Waals surface area contributed by atoms with Crippen LogP contribution in [-0.4, -0.2) is 118 Å². The monoisotopic (exact) mass is 868 g/mol. The molecule has 3 fully saturated rings. The summed E-state index contributed by atoms with van der Waals surface area (Å²) in [4.78, 5) is 71.4. The number of benzene rings is 4. The number of ketones is 1. The molecule has 3 saturated heterocycles. The summed E-state index contributed by atoms with van der Waals surface area (Å²) in [6.07, 6.45) is 5.39. The summed E-state index contributed by atoms with van der Waals surface area (Å²) in [6.45, 7) is 6.69. The fourth-order valence-electron chi connectivity index (χ4n) is 9.51. The minimum absolute atomic E-state index is 0.0969. The zero-order valence-corrected chi connectivity index (χ0v) is 35.6. The first kappa shape index (κ1) is 42.6. The van der Waals surface area contributed by atoms with Gasteiger partial charge >= 0.3 is 7.12 Å². The number of amides is 4. The normalized spacial score (nSPS) is 19.1. The maximum absolute atomic E-state index is 14.0. The van der Waals surface area contributed by atoms with Crippen molar-refractivity contribution in [3.8, 4) is 21.9 Å². The number of hydrogen-bond donors (Lipinski definition) is 4. The standard InChI is InChI=1S/C48H49BN4O9S/c54-35-9-13-38-41(27-35)63-45(32-2-7-34(8-3-32)49(60)61)43(38)44(56)31-4-10-36(11-5-31)62-28-29-16-22-51(23-17-29)20-1-21-52-24-18-30(19-25-52)33-6-12-37-39(26-33)48(59)53(47(37)58)40-14-15-42(55)50-46(40)57/h2-13,26-27,29-30,40,54,60-61H,1,14-25,28H2,(H,50,55,57). The van der Waals surface area contributed by atoms with E-state index in [4.69, 9.17) is 4.74 Å². The highest BCUT2D eigenvalue weighted by molar-refractivity contribution is 7.22. The molecule has 0 saturated carbocycles. The fraction of sp³-hybridized carbons (Fsp3) is 0.354. The van der Waals surface area contributed by atoms with Crippen molar-refractivity contribution in [3.63, 3.8) is 0 Å². The van der Waals surface area contributed by atoms with Gasteiger partial charge in [0, 0.05) is 32.5 Å². The first-order valence-electron chi connectivity index (χ1n) is 21.8. The lowest BCUT2D eigenvalue weighted by Gasteiger charge is -2.34. The van der Waals surface area contributed by atoms with Gasteiger partial charge < -0.3 is 29.7 Å². The molecule has 0 aliphatic carbocycles. The minimum Gasteiger partial charge on any atom is -0.508 e. The highest BCUT2D eigenvalue weighted by Gasteiger charge is 2.45. The van der Waals surface area contributed by atoms with Gasteiger partial charge in [0.25, 0.3) is 11.8 Å². The maximum Gasteiger partial charge on any atom is 0.488 e. The topological polar surface area (TPSA) is 177 Å². The van der Waals surface area contributed by atoms with Crippen LogP contribution in [0.15, 0.2) is 84.9 Å². The molecule has 9 rings (SSSR count). The van der Waals surface area contributed by atoms with Crippen LogP contribution in [0.25, 0.3) is 20.5 Å². The van der Waals surface area contributed by atoms with E-state index < -0.39 is 30.9 Å². The molecule has 4 N–H and O–H groups in total. The van der Waals surface area contributed by atoms with Gasteiger partial charge in [-0.1, -0.05) is 30.3 Å². The smallest absolute Gasteiger partial charge is 0.488 e. The number of piperidine rings is 3. The number of nitrogens with one attached hydrogen (secondary N) is 1. The van der Waals surface area contributed by atoms with Crippen molar-refractivity contribution >= 4 is 63.4 Å². The van der Waals surface area contributed by atoms with Crippen LogP contribution in [0.4, 0.5) is 0 Å². The van der Waals surface area contributed by atoms with Gasteiger partial charge in [-0.25, -0.2) is 0 Å². The van der Waals surface area contributed by atoms with Gasteiger partial charge in [-0.3, -0.25) is 34.2 Å². The first-order chi connectivity index (χ1) is 30.5. The lowest BCUT2D eigenvalue weighted by atomic mass is 9.80. The molecule has 5 aromatic rings. The van der Waals surface area contributed by atoms with E-state index in [0.29, 0.717) is 51.9 Å². The summed E-state index contributed by atoms with van der Waals surface area (Å²) in [7, 11) is -1.59. The van der Waals surface area contributed by atoms with Gasteiger partial charge in [-0.05, 0) is 161 Å². The van der Waals surface area contributed by atoms with Crippen molar-refractivity contribution in [1.82, 2.24) is 20.0 Å². The third-order valence-corrected chi connectivity index (χ3v) is 14.4. The summed E-state index contributed by atoms with van der Waals surface area (Å²) in [5.41, 5.74) is 3.89. The number of likely N-dealkylation sites (tertiary alicyclic amines) is 2. The number of phenolic OH excluding ortho intramolecular Hbond substituents is 1. The van der Waals surface area contributed by atoms with Gasteiger partial charge in [0.05, 0.1) is 17.7 Å². The predicted molar refractivity (Wildman–Crippen MR) is 239 cm³/mol. The Morgan fingerprint density at radius 1 is 0.778 bits per heavy atom. The molecule has 1 unspecified atom stereocenters. The Balaban J connectivity index is 0.710. The number of carbonyl (C=O) groups is 5. The first-order valence-corrected chi connectivity index (χ1v) is 22.6. The second kappa shape index (κ2) is 18.2. The van der Waals surface area contributed by atoms with Crippen molar-refractivity contribution < 1.29 is 43.9 Å². The number of thiophene rings is 1. The molecule has 1 aromatic heterocycles. The number of hydrogen-bond acceptors (Lipinski definition) is 12. The number of imide groups is 2. The van der Waals surface area contributed by atoms with Crippen LogP contribution in [0.1, 0.15) is 93.1 Å². The number of fused-ring (bicyclic) bond motifs is 2. The largest absolute Gasteiger partial charge is 0.508 e. The highest BCUT2D eigenvalue weighted by atomic mass is 32.1. The number of nitrogens with zero attached hydrogens (tertiary/aromatic N) is 3. The Hall–Kier alpha value is -5.71. The van der Waals surface area contributed by atoms with Crippen LogP contribution < -0.4 is 15.5 Å². The number of rotatable bonds is 13. The van der Waals surface area contributed by atoms with Gasteiger partial charge in [-0.2, -0.15) is 0 Å². The Labute approximate surface area is 369 Å². The molecule has 0 bridgehead atoms. The van der Waals surface area contributed by atoms with Gasteiger partial charge in [0.2, 0.25) is 11.8 Å². The van der Waals surface area contributed by atoms with E-state index in [2.05, 4.69) is 15.1 Å². The summed E-state index contributed by atoms with van der Waals surface area (Å²) < 4.78 is 7.00. The molecule has 0 spiro atoms. The van der Waals surface area contributed by atoms with E-state index >= 15 is 0 Å². The fourth-order valence-corrected chi connectivity index (χ4v) is 10.7. The quantitative estimate of drug-likeness (QED) is 0.0716. The van der Waals surface area contributed by atoms with E-state index in [-0.39, 0.29) is 30.3 Å². The average Bonchev–Trinajstić information content (AvgIpc) is 3.79. The average molecular weight is 869 g/mol. The van der Waals surface area contributed by atoms with Crippen LogP contribution in [-0.2, 0) is 9.59 Å². The van der Waals surface area contributed by atoms with Crippen LogP contribution in [0.2, 0.25) is 0 Å². The second-order valence-electron chi connectivity index (χ2n) is 17.2. The van der Waals surface area contributed by atoms with Crippen LogP contribution in [0.3, 0.4) is 0 Å². The summed E-state index contributed by atoms with van der Waals surface area (Å²) in [5, 5.41) is 32.3. The van der Waals surface area contributed by atoms with E-state index in [9.17, 15) is 39.1 Å². The van der Waals surface area contributed by atoms with Crippen molar-refractivity contribution in [2.75, 3.05) is 45.9 Å². The minimum atomic E-state index is -1.59. The zero-order valence-electron chi connectivity index (χ0n) is 34.8. The number of phenols is 1. The Morgan fingerprint density at radius 2 is 1.46 bits per heavy atom. The van der Waals surface area contributed by atoms with Crippen LogP contribution in [0.5, 0.6) is 11.5 Å². The highest BCUT2D eigenvalue weighted by Crippen LogP contribution is 2.41. The van der Waals surface area contributed by atoms with Gasteiger partial charge in [0.15, 0.2) is 5.78 Å². The molecule has 1 atom stereocenters. The van der Waals surface area contributed by atoms with Crippen LogP contribution in [0, 0.1) is 5.92 Å². The lowest BCUT2D eigenvalue weighted by Crippen LogP contribution is -2.54. The van der Waals surface area contributed by atoms with Crippen molar-refractivity contribution in [2.24, 2.45) is 5.92 Å². The molecule has 4 aliphatic rings. The number of aromatic hydroxyl groups is 1. The molecule has 4 aromatic carbocycles. The van der Waals surface area contributed by atoms with Crippen molar-refractivity contribution in [2.45, 2.75) is 56.9 Å². The lowest BCUT2D eigenvalue weighted by molar-refractivity contribution is -0.136. The molecule has 15 heteroatoms. The molecular formula is C48H49BN4O9S. The predicted octanol–water partition coefficient (Wildman–Crippen LogP) is 4.95. The zero-order chi connectivity index (χ0) is 43.8. The van der Waals surface area contributed by atoms with Crippen molar-refractivity contribution in [1.29, 1.82) is 0 Å². The Kier molecular flexibility index (Phi) is 12.3. The molecule has 63 heavy (non-hydrogen) atoms.